The Bertz CT molecular complexity index is 262. The Morgan fingerprint density at radius 2 is 2.07 bits per heavy atom. The Morgan fingerprint density at radius 1 is 1.50 bits per heavy atom. The van der Waals surface area contributed by atoms with Crippen molar-refractivity contribution in [1.29, 1.82) is 0 Å². The largest absolute Gasteiger partial charge is 0.469 e. The summed E-state index contributed by atoms with van der Waals surface area (Å²) in [4.78, 5) is 9.96. The van der Waals surface area contributed by atoms with Crippen molar-refractivity contribution in [2.75, 3.05) is 12.8 Å². The Labute approximate surface area is 88.8 Å². The van der Waals surface area contributed by atoms with Crippen LogP contribution in [0.1, 0.15) is 13.3 Å². The third-order valence-corrected chi connectivity index (χ3v) is 1.77. The van der Waals surface area contributed by atoms with E-state index >= 15 is 0 Å². The minimum atomic E-state index is -0.157. The van der Waals surface area contributed by atoms with Crippen molar-refractivity contribution in [3.63, 3.8) is 0 Å². The van der Waals surface area contributed by atoms with Crippen molar-refractivity contribution < 1.29 is 9.53 Å². The molecular formula is C10H14ClNO2. The van der Waals surface area contributed by atoms with Crippen LogP contribution in [0.4, 0.5) is 5.69 Å². The van der Waals surface area contributed by atoms with Gasteiger partial charge in [-0.25, -0.2) is 0 Å². The van der Waals surface area contributed by atoms with Crippen LogP contribution in [0, 0.1) is 0 Å². The quantitative estimate of drug-likeness (QED) is 0.579. The van der Waals surface area contributed by atoms with Gasteiger partial charge in [-0.1, -0.05) is 30.7 Å². The number of carbonyl (C=O) groups is 1. The molecule has 1 rings (SSSR count). The molecule has 14 heavy (non-hydrogen) atoms. The zero-order valence-corrected chi connectivity index (χ0v) is 9.04. The lowest BCUT2D eigenvalue weighted by molar-refractivity contribution is -0.140. The average Bonchev–Trinajstić information content (AvgIpc) is 2.22. The zero-order chi connectivity index (χ0) is 11.0. The first-order valence-electron chi connectivity index (χ1n) is 4.18. The number of rotatable bonds is 1. The van der Waals surface area contributed by atoms with Crippen LogP contribution in [-0.4, -0.2) is 13.1 Å². The highest BCUT2D eigenvalue weighted by atomic mass is 35.5. The highest BCUT2D eigenvalue weighted by Crippen LogP contribution is 2.15. The number of ether oxygens (including phenoxy) is 1. The molecule has 0 saturated heterocycles. The van der Waals surface area contributed by atoms with Gasteiger partial charge in [-0.15, -0.1) is 0 Å². The molecule has 3 nitrogen and oxygen atoms in total. The SMILES string of the molecule is CCC(=O)OC.Nc1ccccc1Cl. The van der Waals surface area contributed by atoms with Gasteiger partial charge in [-0.3, -0.25) is 4.79 Å². The van der Waals surface area contributed by atoms with Crippen molar-refractivity contribution in [1.82, 2.24) is 0 Å². The van der Waals surface area contributed by atoms with Gasteiger partial charge in [0.1, 0.15) is 0 Å². The molecule has 0 saturated carbocycles. The lowest BCUT2D eigenvalue weighted by Crippen LogP contribution is -1.94. The third kappa shape index (κ3) is 5.43. The summed E-state index contributed by atoms with van der Waals surface area (Å²) in [5.74, 6) is -0.157. The first-order chi connectivity index (χ1) is 6.61. The number of nitrogens with two attached hydrogens (primary N) is 1. The summed E-state index contributed by atoms with van der Waals surface area (Å²) in [7, 11) is 1.38. The van der Waals surface area contributed by atoms with E-state index in [1.807, 2.05) is 12.1 Å². The molecular weight excluding hydrogens is 202 g/mol. The minimum Gasteiger partial charge on any atom is -0.469 e. The zero-order valence-electron chi connectivity index (χ0n) is 8.29. The monoisotopic (exact) mass is 215 g/mol. The van der Waals surface area contributed by atoms with Crippen molar-refractivity contribution >= 4 is 23.3 Å². The van der Waals surface area contributed by atoms with Crippen LogP contribution in [-0.2, 0) is 9.53 Å². The maximum Gasteiger partial charge on any atom is 0.305 e. The van der Waals surface area contributed by atoms with E-state index in [1.54, 1.807) is 19.1 Å². The van der Waals surface area contributed by atoms with Crippen LogP contribution in [0.25, 0.3) is 0 Å². The lowest BCUT2D eigenvalue weighted by atomic mass is 10.3. The van der Waals surface area contributed by atoms with Gasteiger partial charge in [0.05, 0.1) is 17.8 Å². The van der Waals surface area contributed by atoms with Crippen LogP contribution >= 0.6 is 11.6 Å². The van der Waals surface area contributed by atoms with E-state index in [0.717, 1.165) is 0 Å². The average molecular weight is 216 g/mol. The molecule has 0 unspecified atom stereocenters. The van der Waals surface area contributed by atoms with Gasteiger partial charge in [0.25, 0.3) is 0 Å². The predicted octanol–water partition coefficient (Wildman–Crippen LogP) is 2.49. The van der Waals surface area contributed by atoms with Crippen LogP contribution in [0.2, 0.25) is 5.02 Å². The van der Waals surface area contributed by atoms with E-state index in [9.17, 15) is 4.79 Å². The molecule has 0 heterocycles. The third-order valence-electron chi connectivity index (χ3n) is 1.42. The number of carbonyl (C=O) groups excluding carboxylic acids is 1. The maximum absolute atomic E-state index is 9.96. The topological polar surface area (TPSA) is 52.3 Å². The molecule has 0 fully saturated rings. The van der Waals surface area contributed by atoms with E-state index in [-0.39, 0.29) is 5.97 Å². The molecule has 0 aliphatic carbocycles. The smallest absolute Gasteiger partial charge is 0.305 e. The number of halogens is 1. The molecule has 0 atom stereocenters. The molecule has 0 aliphatic heterocycles. The minimum absolute atomic E-state index is 0.157. The van der Waals surface area contributed by atoms with E-state index < -0.39 is 0 Å². The second kappa shape index (κ2) is 7.21. The summed E-state index contributed by atoms with van der Waals surface area (Å²) < 4.78 is 4.26. The van der Waals surface area contributed by atoms with Crippen molar-refractivity contribution in [3.05, 3.63) is 29.3 Å². The normalized spacial score (nSPS) is 8.50. The molecule has 0 aliphatic rings. The molecule has 0 amide bonds. The van der Waals surface area contributed by atoms with Crippen LogP contribution in [0.3, 0.4) is 0 Å². The van der Waals surface area contributed by atoms with Gasteiger partial charge in [-0.2, -0.15) is 0 Å². The van der Waals surface area contributed by atoms with Crippen molar-refractivity contribution in [2.24, 2.45) is 0 Å². The van der Waals surface area contributed by atoms with Gasteiger partial charge in [0.2, 0.25) is 0 Å². The maximum atomic E-state index is 9.96. The number of para-hydroxylation sites is 1. The highest BCUT2D eigenvalue weighted by molar-refractivity contribution is 6.33. The van der Waals surface area contributed by atoms with Crippen LogP contribution in [0.5, 0.6) is 0 Å². The lowest BCUT2D eigenvalue weighted by Gasteiger charge is -1.91. The number of methoxy groups -OCH3 is 1. The van der Waals surface area contributed by atoms with E-state index in [4.69, 9.17) is 17.3 Å². The van der Waals surface area contributed by atoms with Crippen LogP contribution in [0.15, 0.2) is 24.3 Å². The summed E-state index contributed by atoms with van der Waals surface area (Å²) in [5, 5.41) is 0.618. The highest BCUT2D eigenvalue weighted by Gasteiger charge is 1.88. The van der Waals surface area contributed by atoms with Crippen LogP contribution < -0.4 is 5.73 Å². The van der Waals surface area contributed by atoms with E-state index in [0.29, 0.717) is 17.1 Å². The summed E-state index contributed by atoms with van der Waals surface area (Å²) in [6.07, 6.45) is 0.469. The standard InChI is InChI=1S/C6H6ClN.C4H8O2/c7-5-3-1-2-4-6(5)8;1-3-4(5)6-2/h1-4H,8H2;3H2,1-2H3. The molecule has 1 aromatic rings. The molecule has 4 heteroatoms. The van der Waals surface area contributed by atoms with Gasteiger partial charge < -0.3 is 10.5 Å². The van der Waals surface area contributed by atoms with Crippen molar-refractivity contribution in [3.8, 4) is 0 Å². The van der Waals surface area contributed by atoms with E-state index in [1.165, 1.54) is 7.11 Å². The molecule has 0 spiro atoms. The Hall–Kier alpha value is -1.22. The molecule has 0 radical (unpaired) electrons. The summed E-state index contributed by atoms with van der Waals surface area (Å²) in [6, 6.07) is 7.22. The molecule has 1 aromatic carbocycles. The molecule has 0 aromatic heterocycles. The fraction of sp³-hybridized carbons (Fsp3) is 0.300. The molecule has 2 N–H and O–H groups in total. The Kier molecular flexibility index (Phi) is 6.58. The van der Waals surface area contributed by atoms with Crippen molar-refractivity contribution in [2.45, 2.75) is 13.3 Å². The Morgan fingerprint density at radius 3 is 2.29 bits per heavy atom. The number of anilines is 1. The van der Waals surface area contributed by atoms with E-state index in [2.05, 4.69) is 4.74 Å². The number of nitrogen functional groups attached to an aromatic ring is 1. The molecule has 0 bridgehead atoms. The van der Waals surface area contributed by atoms with Gasteiger partial charge in [0.15, 0.2) is 0 Å². The fourth-order valence-corrected chi connectivity index (χ4v) is 0.755. The summed E-state index contributed by atoms with van der Waals surface area (Å²) in [6.45, 7) is 1.76. The first kappa shape index (κ1) is 12.8. The van der Waals surface area contributed by atoms with Gasteiger partial charge >= 0.3 is 5.97 Å². The first-order valence-corrected chi connectivity index (χ1v) is 4.56. The van der Waals surface area contributed by atoms with Gasteiger partial charge in [-0.05, 0) is 12.1 Å². The second-order valence-corrected chi connectivity index (χ2v) is 2.86. The van der Waals surface area contributed by atoms with Gasteiger partial charge in [0, 0.05) is 6.42 Å². The number of esters is 1. The fourth-order valence-electron chi connectivity index (χ4n) is 0.619. The predicted molar refractivity (Wildman–Crippen MR) is 58.2 cm³/mol. The Balaban J connectivity index is 0.000000255. The summed E-state index contributed by atoms with van der Waals surface area (Å²) >= 11 is 5.58. The second-order valence-electron chi connectivity index (χ2n) is 2.45. The number of benzene rings is 1. The molecule has 78 valence electrons. The number of hydrogen-bond acceptors (Lipinski definition) is 3. The number of hydrogen-bond donors (Lipinski definition) is 1. The summed E-state index contributed by atoms with van der Waals surface area (Å²) in [5.41, 5.74) is 6.02.